The van der Waals surface area contributed by atoms with Crippen LogP contribution in [-0.4, -0.2) is 169 Å². The molecular formula is C102H100B12N20. The largest absolute Gasteiger partial charge is 0.487 e. The van der Waals surface area contributed by atoms with Crippen LogP contribution in [0.25, 0.3) is 89.7 Å². The summed E-state index contributed by atoms with van der Waals surface area (Å²) < 4.78 is 40.1. The van der Waals surface area contributed by atoms with Crippen LogP contribution in [0.5, 0.6) is 0 Å². The fraction of sp³-hybridized carbons (Fsp3) is 0.137. The summed E-state index contributed by atoms with van der Waals surface area (Å²) in [6.07, 6.45) is 0. The molecule has 0 spiro atoms. The van der Waals surface area contributed by atoms with Gasteiger partial charge in [-0.15, -0.1) is 0 Å². The number of hydrogen-bond acceptors (Lipinski definition) is 16. The molecule has 4 saturated heterocycles. The van der Waals surface area contributed by atoms with Gasteiger partial charge in [0.05, 0.1) is 44.1 Å². The SMILES string of the molecule is CB1N(C)B(C)N2B(N1C)n1c(nc3ccccc31)-c1ccccc12.CB1N(c2ccccc2)B(C)N2B(N1c1ccccc1)n1c(nc3ccccc31)-c1ccccc12.CB1N2B(N(c3c(C)cccc3C)B(C)N1c1c(C)cccc1C)n1c(nc3ccccc31)-c1ccccc12.CN1B(c2ccccc2)N(C)B2N(B1c1ccccc1)c1ccccc1-c1nc3ccccc3n12. The molecule has 20 nitrogen and oxygen atoms in total. The van der Waals surface area contributed by atoms with Crippen LogP contribution in [0.15, 0.2) is 352 Å². The number of rotatable bonds is 6. The molecule has 4 fully saturated rings. The minimum absolute atomic E-state index is 0.0399. The summed E-state index contributed by atoms with van der Waals surface area (Å²) in [5.74, 6) is 4.15. The van der Waals surface area contributed by atoms with E-state index in [1.165, 1.54) is 106 Å². The van der Waals surface area contributed by atoms with Gasteiger partial charge in [0.15, 0.2) is 0 Å². The van der Waals surface area contributed by atoms with E-state index in [-0.39, 0.29) is 70.4 Å². The van der Waals surface area contributed by atoms with Crippen molar-refractivity contribution in [3.05, 3.63) is 374 Å². The molecule has 14 aromatic carbocycles. The third-order valence-corrected chi connectivity index (χ3v) is 29.7. The fourth-order valence-electron chi connectivity index (χ4n) is 23.6. The summed E-state index contributed by atoms with van der Waals surface area (Å²) >= 11 is 0. The number of fused-ring (bicyclic) bond motifs is 32. The molecule has 4 aromatic heterocycles. The Labute approximate surface area is 790 Å². The molecule has 32 heteroatoms. The maximum Gasteiger partial charge on any atom is 0.487 e. The van der Waals surface area contributed by atoms with Crippen molar-refractivity contribution in [1.29, 1.82) is 0 Å². The molecule has 644 valence electrons. The highest BCUT2D eigenvalue weighted by Gasteiger charge is 2.60. The van der Waals surface area contributed by atoms with E-state index >= 15 is 0 Å². The second-order valence-corrected chi connectivity index (χ2v) is 37.1. The van der Waals surface area contributed by atoms with Crippen molar-refractivity contribution in [2.24, 2.45) is 0 Å². The van der Waals surface area contributed by atoms with Crippen LogP contribution >= 0.6 is 0 Å². The minimum atomic E-state index is -0.0762. The van der Waals surface area contributed by atoms with Gasteiger partial charge >= 0.3 is 77.3 Å². The van der Waals surface area contributed by atoms with Crippen molar-refractivity contribution >= 4 is 185 Å². The van der Waals surface area contributed by atoms with E-state index in [0.29, 0.717) is 14.0 Å². The van der Waals surface area contributed by atoms with Gasteiger partial charge in [0.1, 0.15) is 23.3 Å². The summed E-state index contributed by atoms with van der Waals surface area (Å²) in [6.45, 7) is 24.0. The number of anilines is 8. The normalized spacial score (nSPS) is 15.6. The van der Waals surface area contributed by atoms with Crippen LogP contribution in [0.3, 0.4) is 0 Å². The third-order valence-electron chi connectivity index (χ3n) is 29.7. The molecule has 8 aliphatic rings. The Morgan fingerprint density at radius 1 is 0.201 bits per heavy atom. The highest BCUT2D eigenvalue weighted by molar-refractivity contribution is 7.06. The number of aromatic nitrogens is 8. The number of hydrogen-bond donors (Lipinski definition) is 0. The zero-order valence-electron chi connectivity index (χ0n) is 78.4. The molecule has 134 heavy (non-hydrogen) atoms. The van der Waals surface area contributed by atoms with Crippen LogP contribution < -0.4 is 48.7 Å². The van der Waals surface area contributed by atoms with E-state index in [0.717, 1.165) is 61.9 Å². The van der Waals surface area contributed by atoms with Gasteiger partial charge < -0.3 is 74.6 Å². The highest BCUT2D eigenvalue weighted by atomic mass is 15.4. The van der Waals surface area contributed by atoms with Crippen LogP contribution in [0.1, 0.15) is 22.3 Å². The van der Waals surface area contributed by atoms with Gasteiger partial charge in [-0.1, -0.05) is 244 Å². The molecule has 12 heterocycles. The maximum absolute atomic E-state index is 5.21. The smallest absolute Gasteiger partial charge is 0.425 e. The van der Waals surface area contributed by atoms with Crippen LogP contribution in [0, 0.1) is 27.7 Å². The average Bonchev–Trinajstić information content (AvgIpc) is 1.38. The highest BCUT2D eigenvalue weighted by Crippen LogP contribution is 2.50. The molecule has 0 aliphatic carbocycles. The molecule has 8 aliphatic heterocycles. The number of aryl methyl sites for hydroxylation is 4. The number of para-hydroxylation sites is 16. The molecule has 0 amide bonds. The lowest BCUT2D eigenvalue weighted by molar-refractivity contribution is 0.634. The van der Waals surface area contributed by atoms with Crippen LogP contribution in [0.2, 0.25) is 40.9 Å². The van der Waals surface area contributed by atoms with Crippen LogP contribution in [0.4, 0.5) is 45.5 Å². The molecular weight excluding hydrogens is 1640 g/mol. The van der Waals surface area contributed by atoms with E-state index in [9.17, 15) is 0 Å². The van der Waals surface area contributed by atoms with Gasteiger partial charge in [-0.05, 0) is 238 Å². The first-order valence-electron chi connectivity index (χ1n) is 47.2. The number of benzene rings is 14. The number of nitrogens with zero attached hydrogens (tertiary/aromatic N) is 20. The lowest BCUT2D eigenvalue weighted by Gasteiger charge is -2.57. The maximum atomic E-state index is 5.21. The van der Waals surface area contributed by atoms with E-state index in [1.54, 1.807) is 0 Å². The van der Waals surface area contributed by atoms with Crippen molar-refractivity contribution < 1.29 is 0 Å². The van der Waals surface area contributed by atoms with Crippen molar-refractivity contribution in [1.82, 2.24) is 56.7 Å². The third kappa shape index (κ3) is 13.2. The van der Waals surface area contributed by atoms with Gasteiger partial charge in [0.2, 0.25) is 0 Å². The lowest BCUT2D eigenvalue weighted by Crippen LogP contribution is -2.83. The second kappa shape index (κ2) is 33.6. The molecule has 26 rings (SSSR count). The van der Waals surface area contributed by atoms with Crippen molar-refractivity contribution in [2.45, 2.75) is 68.6 Å². The summed E-state index contributed by atoms with van der Waals surface area (Å²) in [4.78, 5) is 20.5. The lowest BCUT2D eigenvalue weighted by atomic mass is 9.42. The van der Waals surface area contributed by atoms with Gasteiger partial charge in [0, 0.05) is 67.8 Å². The fourth-order valence-corrected chi connectivity index (χ4v) is 23.6. The van der Waals surface area contributed by atoms with E-state index in [4.69, 9.17) is 19.9 Å². The quantitative estimate of drug-likeness (QED) is 0.147. The molecule has 0 bridgehead atoms. The van der Waals surface area contributed by atoms with Crippen molar-refractivity contribution in [3.63, 3.8) is 0 Å². The Hall–Kier alpha value is -14.0. The topological polar surface area (TPSA) is 110 Å². The minimum Gasteiger partial charge on any atom is -0.425 e. The Bertz CT molecular complexity index is 7460. The van der Waals surface area contributed by atoms with E-state index < -0.39 is 0 Å². The molecule has 0 N–H and O–H groups in total. The standard InChI is InChI=1S/C31H32B3N5.2C27H24B3N5.C17H20B3N5/c1-21-13-11-14-22(2)29(21)38-32(5)37-27-19-9-7-17-25(27)31-35-26-18-8-10-20-28(26)36(31)34(37)39(33(38)6)30-23(3)15-12-16-24(30)4;1-32-28(21-13-5-3-6-14-21)33(2)30-34-26-20-12-10-18-24(26)31-27(34)23-17-9-11-19-25(23)35(30)29(32)22-15-7-4-8-16-22;1-28-33(21-13-5-3-6-14-21)29(2)35-25-19-11-9-17-23(25)27-31-24-18-10-12-20-26(24)32(27)30(35)34(28)22-15-7-4-8-16-22;1-18-22(3)19(2)25-15-11-7-5-9-13(15)17-21-14-10-6-8-12-16(14)24(17)20(25)23(18)4/h7-20H,1-6H3;2*3-20H,1-2H3;5-12H,1-4H3. The average molecular weight is 1740 g/mol. The summed E-state index contributed by atoms with van der Waals surface area (Å²) in [7, 11) is 8.83. The zero-order chi connectivity index (χ0) is 91.3. The van der Waals surface area contributed by atoms with Crippen molar-refractivity contribution in [3.8, 4) is 45.6 Å². The monoisotopic (exact) mass is 1740 g/mol. The second-order valence-electron chi connectivity index (χ2n) is 37.1. The van der Waals surface area contributed by atoms with Crippen molar-refractivity contribution in [2.75, 3.05) is 66.0 Å². The Kier molecular flexibility index (Phi) is 21.1. The van der Waals surface area contributed by atoms with E-state index in [2.05, 4.69) is 523 Å². The summed E-state index contributed by atoms with van der Waals surface area (Å²) in [5, 5.41) is 0. The first kappa shape index (κ1) is 84.3. The Morgan fingerprint density at radius 2 is 0.485 bits per heavy atom. The van der Waals surface area contributed by atoms with Gasteiger partial charge in [0.25, 0.3) is 6.98 Å². The molecule has 0 unspecified atom stereocenters. The predicted molar refractivity (Wildman–Crippen MR) is 574 cm³/mol. The first-order chi connectivity index (χ1) is 65.4. The van der Waals surface area contributed by atoms with Gasteiger partial charge in [-0.25, -0.2) is 19.9 Å². The van der Waals surface area contributed by atoms with Crippen LogP contribution in [-0.2, 0) is 0 Å². The molecule has 0 saturated carbocycles. The van der Waals surface area contributed by atoms with E-state index in [1.807, 2.05) is 0 Å². The first-order valence-corrected chi connectivity index (χ1v) is 47.2. The Balaban J connectivity index is 0.000000102. The summed E-state index contributed by atoms with van der Waals surface area (Å²) in [5.41, 5.74) is 31.1. The summed E-state index contributed by atoms with van der Waals surface area (Å²) in [6, 6.07) is 125. The van der Waals surface area contributed by atoms with Gasteiger partial charge in [-0.3, -0.25) is 0 Å². The molecule has 0 radical (unpaired) electrons. The number of imidazole rings is 4. The van der Waals surface area contributed by atoms with Gasteiger partial charge in [-0.2, -0.15) is 0 Å². The predicted octanol–water partition coefficient (Wildman–Crippen LogP) is 18.0. The zero-order valence-corrected chi connectivity index (χ0v) is 78.4. The Morgan fingerprint density at radius 3 is 0.888 bits per heavy atom. The molecule has 0 atom stereocenters. The molecule has 18 aromatic rings.